The first-order valence-corrected chi connectivity index (χ1v) is 9.69. The Morgan fingerprint density at radius 1 is 1.13 bits per heavy atom. The number of benzene rings is 2. The molecule has 6 nitrogen and oxygen atoms in total. The third kappa shape index (κ3) is 6.22. The molecule has 1 heterocycles. The van der Waals surface area contributed by atoms with Gasteiger partial charge in [-0.3, -0.25) is 4.99 Å². The number of oxazole rings is 1. The quantitative estimate of drug-likeness (QED) is 0.268. The minimum atomic E-state index is 0. The van der Waals surface area contributed by atoms with Crippen LogP contribution in [0.2, 0.25) is 0 Å². The van der Waals surface area contributed by atoms with E-state index >= 15 is 0 Å². The highest BCUT2D eigenvalue weighted by molar-refractivity contribution is 14.0. The van der Waals surface area contributed by atoms with Gasteiger partial charge in [-0.1, -0.05) is 42.8 Å². The Kier molecular flexibility index (Phi) is 9.16. The Balaban J connectivity index is 0.00000320. The summed E-state index contributed by atoms with van der Waals surface area (Å²) in [6, 6.07) is 16.2. The van der Waals surface area contributed by atoms with Crippen LogP contribution in [0.3, 0.4) is 0 Å². The second-order valence-corrected chi connectivity index (χ2v) is 6.96. The van der Waals surface area contributed by atoms with Crippen molar-refractivity contribution in [2.45, 2.75) is 26.3 Å². The van der Waals surface area contributed by atoms with Crippen molar-refractivity contribution in [2.75, 3.05) is 20.7 Å². The second kappa shape index (κ2) is 11.6. The van der Waals surface area contributed by atoms with E-state index in [2.05, 4.69) is 40.5 Å². The van der Waals surface area contributed by atoms with E-state index in [9.17, 15) is 0 Å². The normalized spacial score (nSPS) is 12.1. The summed E-state index contributed by atoms with van der Waals surface area (Å²) in [7, 11) is 3.45. The number of aryl methyl sites for hydroxylation is 1. The Hall–Kier alpha value is -2.55. The number of ether oxygens (including phenoxy) is 1. The Morgan fingerprint density at radius 2 is 1.87 bits per heavy atom. The smallest absolute Gasteiger partial charge is 0.226 e. The van der Waals surface area contributed by atoms with Gasteiger partial charge in [0.15, 0.2) is 5.96 Å². The highest BCUT2D eigenvalue weighted by Gasteiger charge is 2.12. The molecule has 7 heteroatoms. The van der Waals surface area contributed by atoms with Gasteiger partial charge in [0.25, 0.3) is 0 Å². The molecule has 0 aliphatic rings. The summed E-state index contributed by atoms with van der Waals surface area (Å²) in [5.41, 5.74) is 4.16. The van der Waals surface area contributed by atoms with Crippen LogP contribution in [0.4, 0.5) is 0 Å². The van der Waals surface area contributed by atoms with E-state index in [0.717, 1.165) is 29.1 Å². The van der Waals surface area contributed by atoms with Gasteiger partial charge < -0.3 is 19.8 Å². The van der Waals surface area contributed by atoms with Crippen LogP contribution < -0.4 is 15.4 Å². The third-order valence-electron chi connectivity index (χ3n) is 4.76. The number of para-hydroxylation sites is 1. The summed E-state index contributed by atoms with van der Waals surface area (Å²) >= 11 is 0. The lowest BCUT2D eigenvalue weighted by Gasteiger charge is -2.18. The number of nitrogens with one attached hydrogen (secondary N) is 2. The molecular weight excluding hydrogens is 491 g/mol. The zero-order valence-corrected chi connectivity index (χ0v) is 20.1. The van der Waals surface area contributed by atoms with Gasteiger partial charge in [0.1, 0.15) is 12.0 Å². The molecule has 160 valence electrons. The molecule has 1 aromatic heterocycles. The molecule has 0 spiro atoms. The molecule has 0 amide bonds. The van der Waals surface area contributed by atoms with Gasteiger partial charge in [-0.05, 0) is 30.7 Å². The summed E-state index contributed by atoms with van der Waals surface area (Å²) in [6.07, 6.45) is 1.67. The summed E-state index contributed by atoms with van der Waals surface area (Å²) < 4.78 is 11.1. The Labute approximate surface area is 195 Å². The molecule has 0 saturated carbocycles. The van der Waals surface area contributed by atoms with Gasteiger partial charge in [-0.25, -0.2) is 4.98 Å². The molecule has 2 aromatic carbocycles. The lowest BCUT2D eigenvalue weighted by atomic mass is 10.0. The van der Waals surface area contributed by atoms with Crippen LogP contribution in [0.1, 0.15) is 29.7 Å². The zero-order valence-electron chi connectivity index (χ0n) is 17.8. The molecule has 0 aliphatic heterocycles. The number of halogens is 1. The van der Waals surface area contributed by atoms with Crippen molar-refractivity contribution in [3.8, 4) is 17.2 Å². The van der Waals surface area contributed by atoms with E-state index in [0.29, 0.717) is 18.4 Å². The second-order valence-electron chi connectivity index (χ2n) is 6.96. The van der Waals surface area contributed by atoms with E-state index in [1.165, 1.54) is 5.56 Å². The molecule has 3 aromatic rings. The van der Waals surface area contributed by atoms with Crippen LogP contribution in [0.15, 0.2) is 64.2 Å². The first-order valence-electron chi connectivity index (χ1n) is 9.69. The van der Waals surface area contributed by atoms with Crippen molar-refractivity contribution in [1.29, 1.82) is 0 Å². The molecule has 0 saturated heterocycles. The van der Waals surface area contributed by atoms with Crippen LogP contribution in [0.5, 0.6) is 5.75 Å². The van der Waals surface area contributed by atoms with E-state index in [-0.39, 0.29) is 29.9 Å². The number of aliphatic imine (C=N–C) groups is 1. The van der Waals surface area contributed by atoms with Gasteiger partial charge in [0, 0.05) is 25.1 Å². The summed E-state index contributed by atoms with van der Waals surface area (Å²) in [5, 5.41) is 6.64. The Morgan fingerprint density at radius 3 is 2.57 bits per heavy atom. The number of nitrogens with zero attached hydrogens (tertiary/aromatic N) is 2. The van der Waals surface area contributed by atoms with Crippen molar-refractivity contribution in [3.63, 3.8) is 0 Å². The predicted octanol–water partition coefficient (Wildman–Crippen LogP) is 4.75. The molecule has 3 rings (SSSR count). The van der Waals surface area contributed by atoms with E-state index in [1.54, 1.807) is 20.4 Å². The molecule has 0 bridgehead atoms. The first-order chi connectivity index (χ1) is 14.1. The topological polar surface area (TPSA) is 71.7 Å². The number of aromatic nitrogens is 1. The number of hydrogen-bond acceptors (Lipinski definition) is 4. The van der Waals surface area contributed by atoms with E-state index in [4.69, 9.17) is 9.15 Å². The van der Waals surface area contributed by atoms with Crippen molar-refractivity contribution in [2.24, 2.45) is 4.99 Å². The third-order valence-corrected chi connectivity index (χ3v) is 4.76. The monoisotopic (exact) mass is 520 g/mol. The lowest BCUT2D eigenvalue weighted by Crippen LogP contribution is -2.38. The number of rotatable bonds is 7. The maximum Gasteiger partial charge on any atom is 0.226 e. The lowest BCUT2D eigenvalue weighted by molar-refractivity contribution is 0.406. The Bertz CT molecular complexity index is 954. The number of guanidine groups is 1. The molecule has 1 atom stereocenters. The van der Waals surface area contributed by atoms with Crippen LogP contribution in [-0.4, -0.2) is 31.6 Å². The summed E-state index contributed by atoms with van der Waals surface area (Å²) in [5.74, 6) is 2.50. The maximum atomic E-state index is 5.61. The van der Waals surface area contributed by atoms with Crippen molar-refractivity contribution in [3.05, 3.63) is 71.6 Å². The standard InChI is InChI=1S/C23H28N4O2.HI/c1-16-9-11-18(12-10-16)22-27-19(15-29-22)14-26-23(24-3)25-13-17(2)20-7-5-6-8-21(20)28-4;/h5-12,15,17H,13-14H2,1-4H3,(H2,24,25,26);1H. The average molecular weight is 520 g/mol. The molecule has 0 aliphatic carbocycles. The molecule has 30 heavy (non-hydrogen) atoms. The van der Waals surface area contributed by atoms with Gasteiger partial charge in [0.05, 0.1) is 19.3 Å². The largest absolute Gasteiger partial charge is 0.496 e. The average Bonchev–Trinajstić information content (AvgIpc) is 3.23. The van der Waals surface area contributed by atoms with Crippen LogP contribution in [0, 0.1) is 6.92 Å². The van der Waals surface area contributed by atoms with E-state index in [1.807, 2.05) is 42.5 Å². The van der Waals surface area contributed by atoms with Crippen LogP contribution >= 0.6 is 24.0 Å². The fourth-order valence-corrected chi connectivity index (χ4v) is 3.05. The summed E-state index contributed by atoms with van der Waals surface area (Å²) in [4.78, 5) is 8.84. The highest BCUT2D eigenvalue weighted by atomic mass is 127. The predicted molar refractivity (Wildman–Crippen MR) is 132 cm³/mol. The molecule has 2 N–H and O–H groups in total. The molecule has 0 radical (unpaired) electrons. The van der Waals surface area contributed by atoms with Crippen molar-refractivity contribution in [1.82, 2.24) is 15.6 Å². The molecule has 0 fully saturated rings. The van der Waals surface area contributed by atoms with Crippen molar-refractivity contribution < 1.29 is 9.15 Å². The van der Waals surface area contributed by atoms with Gasteiger partial charge in [-0.15, -0.1) is 24.0 Å². The van der Waals surface area contributed by atoms with E-state index < -0.39 is 0 Å². The van der Waals surface area contributed by atoms with Gasteiger partial charge >= 0.3 is 0 Å². The number of hydrogen-bond donors (Lipinski definition) is 2. The molecular formula is C23H29IN4O2. The minimum absolute atomic E-state index is 0. The SMILES string of the molecule is CN=C(NCc1coc(-c2ccc(C)cc2)n1)NCC(C)c1ccccc1OC.I. The van der Waals surface area contributed by atoms with Crippen LogP contribution in [0.25, 0.3) is 11.5 Å². The number of methoxy groups -OCH3 is 1. The first kappa shape index (κ1) is 23.7. The van der Waals surface area contributed by atoms with Crippen LogP contribution in [-0.2, 0) is 6.54 Å². The zero-order chi connectivity index (χ0) is 20.6. The highest BCUT2D eigenvalue weighted by Crippen LogP contribution is 2.25. The molecule has 1 unspecified atom stereocenters. The van der Waals surface area contributed by atoms with Gasteiger partial charge in [0.2, 0.25) is 5.89 Å². The fourth-order valence-electron chi connectivity index (χ4n) is 3.05. The van der Waals surface area contributed by atoms with Crippen molar-refractivity contribution >= 4 is 29.9 Å². The fraction of sp³-hybridized carbons (Fsp3) is 0.304. The minimum Gasteiger partial charge on any atom is -0.496 e. The summed E-state index contributed by atoms with van der Waals surface area (Å²) in [6.45, 7) is 5.47. The van der Waals surface area contributed by atoms with Gasteiger partial charge in [-0.2, -0.15) is 0 Å². The maximum absolute atomic E-state index is 5.61.